The van der Waals surface area contributed by atoms with Gasteiger partial charge < -0.3 is 28.3 Å². The van der Waals surface area contributed by atoms with Gasteiger partial charge in [0.2, 0.25) is 0 Å². The Kier molecular flexibility index (Phi) is 6.23. The molecule has 2 saturated heterocycles. The first-order chi connectivity index (χ1) is 15.3. The molecule has 4 rings (SSSR count). The Hall–Kier alpha value is -1.80. The van der Waals surface area contributed by atoms with Crippen LogP contribution in [0.4, 0.5) is 0 Å². The number of fused-ring (bicyclic) bond motifs is 2. The van der Waals surface area contributed by atoms with Crippen LogP contribution in [-0.4, -0.2) is 64.8 Å². The fourth-order valence-corrected chi connectivity index (χ4v) is 4.92. The topological polar surface area (TPSA) is 87.9 Å². The van der Waals surface area contributed by atoms with Crippen molar-refractivity contribution in [2.75, 3.05) is 6.61 Å². The molecule has 1 N–H and O–H groups in total. The molecule has 1 unspecified atom stereocenters. The van der Waals surface area contributed by atoms with Gasteiger partial charge in [0, 0.05) is 11.6 Å². The molecule has 2 fully saturated rings. The van der Waals surface area contributed by atoms with Crippen LogP contribution in [0.3, 0.4) is 0 Å². The molecular weight excluding hydrogens is 438 g/mol. The summed E-state index contributed by atoms with van der Waals surface area (Å²) in [6, 6.07) is 1.96. The molecule has 0 amide bonds. The Labute approximate surface area is 196 Å². The zero-order valence-corrected chi connectivity index (χ0v) is 21.7. The predicted molar refractivity (Wildman–Crippen MR) is 127 cm³/mol. The highest BCUT2D eigenvalue weighted by atomic mass is 28.4. The maximum absolute atomic E-state index is 10.9. The monoisotopic (exact) mass is 473 g/mol. The van der Waals surface area contributed by atoms with Gasteiger partial charge in [0.05, 0.1) is 12.3 Å². The first-order valence-electron chi connectivity index (χ1n) is 11.4. The number of aliphatic hydroxyl groups excluding tert-OH is 1. The SMILES string of the molecule is Cc1ncnc2c1ccn2[C@@H]1O[C@@H](C(O)C#CCO[Si](C)(C)C(C)(C)C)[C@H]2OC(C)(C)O[C@H]21. The molecule has 2 aromatic heterocycles. The summed E-state index contributed by atoms with van der Waals surface area (Å²) in [4.78, 5) is 8.71. The molecule has 5 atom stereocenters. The summed E-state index contributed by atoms with van der Waals surface area (Å²) < 4.78 is 26.6. The predicted octanol–water partition coefficient (Wildman–Crippen LogP) is 3.54. The van der Waals surface area contributed by atoms with Gasteiger partial charge in [0.25, 0.3) is 0 Å². The maximum Gasteiger partial charge on any atom is 0.193 e. The number of aliphatic hydroxyl groups is 1. The fourth-order valence-electron chi connectivity index (χ4n) is 4.05. The lowest BCUT2D eigenvalue weighted by Crippen LogP contribution is -2.41. The van der Waals surface area contributed by atoms with Gasteiger partial charge in [0.1, 0.15) is 36.4 Å². The lowest BCUT2D eigenvalue weighted by Gasteiger charge is -2.35. The second kappa shape index (κ2) is 8.45. The number of aromatic nitrogens is 3. The van der Waals surface area contributed by atoms with Crippen LogP contribution in [0.1, 0.15) is 46.5 Å². The molecule has 0 spiro atoms. The molecule has 0 bridgehead atoms. The van der Waals surface area contributed by atoms with Crippen LogP contribution in [0.5, 0.6) is 0 Å². The van der Waals surface area contributed by atoms with Crippen molar-refractivity contribution in [1.82, 2.24) is 14.5 Å². The number of nitrogens with zero attached hydrogens (tertiary/aromatic N) is 3. The fraction of sp³-hybridized carbons (Fsp3) is 0.667. The molecule has 0 saturated carbocycles. The third-order valence-corrected chi connectivity index (χ3v) is 11.4. The van der Waals surface area contributed by atoms with Crippen molar-refractivity contribution < 1.29 is 23.7 Å². The molecule has 9 heteroatoms. The summed E-state index contributed by atoms with van der Waals surface area (Å²) in [5.74, 6) is 5.10. The van der Waals surface area contributed by atoms with E-state index in [0.717, 1.165) is 16.7 Å². The number of hydrogen-bond acceptors (Lipinski definition) is 7. The first-order valence-corrected chi connectivity index (χ1v) is 14.3. The molecule has 4 heterocycles. The summed E-state index contributed by atoms with van der Waals surface area (Å²) in [7, 11) is -1.90. The van der Waals surface area contributed by atoms with Crippen molar-refractivity contribution in [2.24, 2.45) is 0 Å². The van der Waals surface area contributed by atoms with Gasteiger partial charge in [-0.3, -0.25) is 0 Å². The number of aryl methyl sites for hydroxylation is 1. The third kappa shape index (κ3) is 4.61. The lowest BCUT2D eigenvalue weighted by molar-refractivity contribution is -0.203. The highest BCUT2D eigenvalue weighted by Crippen LogP contribution is 2.44. The van der Waals surface area contributed by atoms with Crippen LogP contribution >= 0.6 is 0 Å². The van der Waals surface area contributed by atoms with Crippen LogP contribution in [0.15, 0.2) is 18.6 Å². The van der Waals surface area contributed by atoms with E-state index in [9.17, 15) is 5.11 Å². The van der Waals surface area contributed by atoms with Crippen LogP contribution in [-0.2, 0) is 18.6 Å². The third-order valence-electron chi connectivity index (χ3n) is 6.92. The minimum absolute atomic E-state index is 0.102. The van der Waals surface area contributed by atoms with E-state index >= 15 is 0 Å². The van der Waals surface area contributed by atoms with Gasteiger partial charge in [-0.15, -0.1) is 0 Å². The van der Waals surface area contributed by atoms with E-state index < -0.39 is 44.7 Å². The molecule has 0 radical (unpaired) electrons. The van der Waals surface area contributed by atoms with Gasteiger partial charge >= 0.3 is 0 Å². The van der Waals surface area contributed by atoms with Gasteiger partial charge in [-0.1, -0.05) is 32.6 Å². The zero-order chi connectivity index (χ0) is 24.2. The second-order valence-electron chi connectivity index (χ2n) is 10.8. The Balaban J connectivity index is 1.54. The average molecular weight is 474 g/mol. The van der Waals surface area contributed by atoms with E-state index in [2.05, 4.69) is 55.7 Å². The van der Waals surface area contributed by atoms with Crippen molar-refractivity contribution in [2.45, 2.75) is 96.1 Å². The molecule has 2 aromatic rings. The van der Waals surface area contributed by atoms with E-state index in [0.29, 0.717) is 0 Å². The lowest BCUT2D eigenvalue weighted by atomic mass is 10.1. The number of hydrogen-bond donors (Lipinski definition) is 1. The zero-order valence-electron chi connectivity index (χ0n) is 20.7. The number of ether oxygens (including phenoxy) is 3. The summed E-state index contributed by atoms with van der Waals surface area (Å²) in [5, 5.41) is 12.0. The summed E-state index contributed by atoms with van der Waals surface area (Å²) in [6.07, 6.45) is 0.372. The van der Waals surface area contributed by atoms with Crippen molar-refractivity contribution in [3.63, 3.8) is 0 Å². The molecule has 2 aliphatic rings. The van der Waals surface area contributed by atoms with Crippen LogP contribution in [0.2, 0.25) is 18.1 Å². The van der Waals surface area contributed by atoms with E-state index in [4.69, 9.17) is 18.6 Å². The van der Waals surface area contributed by atoms with Crippen molar-refractivity contribution in [3.8, 4) is 11.8 Å². The smallest absolute Gasteiger partial charge is 0.193 e. The maximum atomic E-state index is 10.9. The number of rotatable bonds is 4. The van der Waals surface area contributed by atoms with E-state index in [1.807, 2.05) is 37.6 Å². The van der Waals surface area contributed by atoms with Crippen molar-refractivity contribution >= 4 is 19.4 Å². The molecular formula is C24H35N3O5Si. The minimum atomic E-state index is -1.90. The van der Waals surface area contributed by atoms with Gasteiger partial charge in [-0.05, 0) is 45.0 Å². The molecule has 2 aliphatic heterocycles. The molecule has 8 nitrogen and oxygen atoms in total. The van der Waals surface area contributed by atoms with Gasteiger partial charge in [0.15, 0.2) is 20.3 Å². The summed E-state index contributed by atoms with van der Waals surface area (Å²) in [5.41, 5.74) is 1.64. The minimum Gasteiger partial charge on any atom is -0.406 e. The highest BCUT2D eigenvalue weighted by molar-refractivity contribution is 6.74. The van der Waals surface area contributed by atoms with Crippen LogP contribution < -0.4 is 0 Å². The van der Waals surface area contributed by atoms with Gasteiger partial charge in [-0.2, -0.15) is 0 Å². The van der Waals surface area contributed by atoms with E-state index in [-0.39, 0.29) is 11.6 Å². The largest absolute Gasteiger partial charge is 0.406 e. The molecule has 0 aliphatic carbocycles. The Bertz CT molecular complexity index is 1080. The molecule has 33 heavy (non-hydrogen) atoms. The van der Waals surface area contributed by atoms with Gasteiger partial charge in [-0.25, -0.2) is 9.97 Å². The van der Waals surface area contributed by atoms with E-state index in [1.54, 1.807) is 0 Å². The Morgan fingerprint density at radius 2 is 1.94 bits per heavy atom. The summed E-state index contributed by atoms with van der Waals surface area (Å²) in [6.45, 7) is 16.9. The highest BCUT2D eigenvalue weighted by Gasteiger charge is 2.57. The quantitative estimate of drug-likeness (QED) is 0.537. The standard InChI is InChI=1S/C24H35N3O5Si/c1-15-16-11-12-27(21(16)26-14-25-15)22-20-19(31-24(5,6)32-20)18(30-22)17(28)10-9-13-29-33(7,8)23(2,3)4/h11-12,14,17-20,22,28H,13H2,1-8H3/t17?,18-,19+,20+,22+/m0/s1. The normalized spacial score (nSPS) is 27.9. The van der Waals surface area contributed by atoms with Crippen LogP contribution in [0, 0.1) is 18.8 Å². The van der Waals surface area contributed by atoms with Crippen molar-refractivity contribution in [1.29, 1.82) is 0 Å². The first kappa shape index (κ1) is 24.3. The Morgan fingerprint density at radius 3 is 2.64 bits per heavy atom. The van der Waals surface area contributed by atoms with E-state index in [1.165, 1.54) is 6.33 Å². The molecule has 180 valence electrons. The van der Waals surface area contributed by atoms with Crippen molar-refractivity contribution in [3.05, 3.63) is 24.3 Å². The summed E-state index contributed by atoms with van der Waals surface area (Å²) >= 11 is 0. The average Bonchev–Trinajstić information content (AvgIpc) is 3.35. The Morgan fingerprint density at radius 1 is 1.24 bits per heavy atom. The van der Waals surface area contributed by atoms with Crippen LogP contribution in [0.25, 0.3) is 11.0 Å². The second-order valence-corrected chi connectivity index (χ2v) is 15.6. The molecule has 0 aromatic carbocycles.